The van der Waals surface area contributed by atoms with Gasteiger partial charge in [0.1, 0.15) is 0 Å². The molecule has 0 aliphatic heterocycles. The molecule has 15 heavy (non-hydrogen) atoms. The molecular formula is C11H15F2NS. The molecule has 1 nitrogen and oxygen atoms in total. The van der Waals surface area contributed by atoms with Crippen molar-refractivity contribution in [2.24, 2.45) is 0 Å². The number of thioether (sulfide) groups is 1. The van der Waals surface area contributed by atoms with Crippen LogP contribution in [0.25, 0.3) is 0 Å². The summed E-state index contributed by atoms with van der Waals surface area (Å²) in [7, 11) is 0. The zero-order chi connectivity index (χ0) is 11.3. The third-order valence-corrected chi connectivity index (χ3v) is 3.20. The second-order valence-corrected chi connectivity index (χ2v) is 4.44. The van der Waals surface area contributed by atoms with Crippen LogP contribution >= 0.6 is 11.8 Å². The number of halogens is 2. The molecule has 0 aliphatic rings. The molecule has 0 bridgehead atoms. The van der Waals surface area contributed by atoms with Crippen LogP contribution in [0.2, 0.25) is 0 Å². The SMILES string of the molecule is CCCCSc1ccc(N)cc1C(F)F. The van der Waals surface area contributed by atoms with E-state index in [2.05, 4.69) is 6.92 Å². The summed E-state index contributed by atoms with van der Waals surface area (Å²) >= 11 is 1.47. The van der Waals surface area contributed by atoms with Gasteiger partial charge in [-0.05, 0) is 30.4 Å². The summed E-state index contributed by atoms with van der Waals surface area (Å²) in [6.45, 7) is 2.08. The Balaban J connectivity index is 2.77. The highest BCUT2D eigenvalue weighted by molar-refractivity contribution is 7.99. The number of benzene rings is 1. The Morgan fingerprint density at radius 2 is 2.13 bits per heavy atom. The molecule has 1 aromatic carbocycles. The minimum atomic E-state index is -2.45. The van der Waals surface area contributed by atoms with Crippen molar-refractivity contribution in [2.75, 3.05) is 11.5 Å². The van der Waals surface area contributed by atoms with Gasteiger partial charge in [0.25, 0.3) is 6.43 Å². The highest BCUT2D eigenvalue weighted by Crippen LogP contribution is 2.32. The predicted molar refractivity (Wildman–Crippen MR) is 61.4 cm³/mol. The predicted octanol–water partition coefficient (Wildman–Crippen LogP) is 4.10. The van der Waals surface area contributed by atoms with Crippen LogP contribution in [0.15, 0.2) is 23.1 Å². The van der Waals surface area contributed by atoms with E-state index < -0.39 is 6.43 Å². The lowest BCUT2D eigenvalue weighted by Gasteiger charge is -2.08. The van der Waals surface area contributed by atoms with Crippen molar-refractivity contribution < 1.29 is 8.78 Å². The second kappa shape index (κ2) is 5.95. The molecule has 0 radical (unpaired) electrons. The number of alkyl halides is 2. The Hall–Kier alpha value is -0.770. The van der Waals surface area contributed by atoms with Crippen LogP contribution in [0.3, 0.4) is 0 Å². The summed E-state index contributed by atoms with van der Waals surface area (Å²) in [6.07, 6.45) is -0.332. The van der Waals surface area contributed by atoms with Crippen molar-refractivity contribution in [2.45, 2.75) is 31.1 Å². The molecule has 0 fully saturated rings. The quantitative estimate of drug-likeness (QED) is 0.469. The van der Waals surface area contributed by atoms with Gasteiger partial charge in [0, 0.05) is 16.1 Å². The van der Waals surface area contributed by atoms with Crippen molar-refractivity contribution >= 4 is 17.4 Å². The number of rotatable bonds is 5. The molecule has 0 aliphatic carbocycles. The minimum absolute atomic E-state index is 0.0519. The largest absolute Gasteiger partial charge is 0.399 e. The molecule has 0 spiro atoms. The second-order valence-electron chi connectivity index (χ2n) is 3.30. The lowest BCUT2D eigenvalue weighted by molar-refractivity contribution is 0.148. The molecular weight excluding hydrogens is 216 g/mol. The van der Waals surface area contributed by atoms with Gasteiger partial charge in [0.15, 0.2) is 0 Å². The van der Waals surface area contributed by atoms with E-state index in [9.17, 15) is 8.78 Å². The smallest absolute Gasteiger partial charge is 0.265 e. The van der Waals surface area contributed by atoms with Crippen LogP contribution in [0.4, 0.5) is 14.5 Å². The highest BCUT2D eigenvalue weighted by atomic mass is 32.2. The van der Waals surface area contributed by atoms with E-state index in [1.807, 2.05) is 0 Å². The first kappa shape index (κ1) is 12.3. The van der Waals surface area contributed by atoms with Gasteiger partial charge in [-0.25, -0.2) is 8.78 Å². The van der Waals surface area contributed by atoms with Gasteiger partial charge in [-0.3, -0.25) is 0 Å². The number of hydrogen-bond donors (Lipinski definition) is 1. The summed E-state index contributed by atoms with van der Waals surface area (Å²) in [5.74, 6) is 0.875. The molecule has 4 heteroatoms. The topological polar surface area (TPSA) is 26.0 Å². The fraction of sp³-hybridized carbons (Fsp3) is 0.455. The molecule has 0 aromatic heterocycles. The first-order valence-corrected chi connectivity index (χ1v) is 5.94. The summed E-state index contributed by atoms with van der Waals surface area (Å²) in [4.78, 5) is 0.646. The number of unbranched alkanes of at least 4 members (excludes halogenated alkanes) is 1. The summed E-state index contributed by atoms with van der Waals surface area (Å²) in [6, 6.07) is 4.70. The van der Waals surface area contributed by atoms with Crippen molar-refractivity contribution in [3.05, 3.63) is 23.8 Å². The molecule has 0 atom stereocenters. The van der Waals surface area contributed by atoms with Crippen LogP contribution < -0.4 is 5.73 Å². The number of hydrogen-bond acceptors (Lipinski definition) is 2. The molecule has 0 saturated carbocycles. The highest BCUT2D eigenvalue weighted by Gasteiger charge is 2.13. The van der Waals surface area contributed by atoms with E-state index >= 15 is 0 Å². The Morgan fingerprint density at radius 1 is 1.40 bits per heavy atom. The molecule has 1 aromatic rings. The number of nitrogens with two attached hydrogens (primary N) is 1. The maximum absolute atomic E-state index is 12.6. The normalized spacial score (nSPS) is 10.9. The monoisotopic (exact) mass is 231 g/mol. The Morgan fingerprint density at radius 3 is 2.73 bits per heavy atom. The van der Waals surface area contributed by atoms with E-state index in [4.69, 9.17) is 5.73 Å². The van der Waals surface area contributed by atoms with Gasteiger partial charge >= 0.3 is 0 Å². The average Bonchev–Trinajstić information content (AvgIpc) is 2.20. The van der Waals surface area contributed by atoms with Crippen molar-refractivity contribution in [1.29, 1.82) is 0 Å². The first-order valence-electron chi connectivity index (χ1n) is 4.95. The molecule has 0 saturated heterocycles. The van der Waals surface area contributed by atoms with Crippen molar-refractivity contribution in [3.8, 4) is 0 Å². The van der Waals surface area contributed by atoms with E-state index in [0.717, 1.165) is 18.6 Å². The lowest BCUT2D eigenvalue weighted by Crippen LogP contribution is -1.93. The van der Waals surface area contributed by atoms with Gasteiger partial charge in [-0.2, -0.15) is 0 Å². The number of nitrogen functional groups attached to an aromatic ring is 1. The van der Waals surface area contributed by atoms with Crippen LogP contribution in [0.5, 0.6) is 0 Å². The molecule has 0 heterocycles. The third kappa shape index (κ3) is 3.70. The average molecular weight is 231 g/mol. The Kier molecular flexibility index (Phi) is 4.88. The van der Waals surface area contributed by atoms with Gasteiger partial charge in [0.2, 0.25) is 0 Å². The van der Waals surface area contributed by atoms with E-state index in [-0.39, 0.29) is 5.56 Å². The minimum Gasteiger partial charge on any atom is -0.399 e. The van der Waals surface area contributed by atoms with E-state index in [1.54, 1.807) is 12.1 Å². The molecule has 2 N–H and O–H groups in total. The Labute approximate surface area is 93.1 Å². The van der Waals surface area contributed by atoms with Gasteiger partial charge in [-0.1, -0.05) is 13.3 Å². The van der Waals surface area contributed by atoms with E-state index in [0.29, 0.717) is 10.6 Å². The van der Waals surface area contributed by atoms with Crippen LogP contribution in [-0.2, 0) is 0 Å². The fourth-order valence-electron chi connectivity index (χ4n) is 1.20. The van der Waals surface area contributed by atoms with Crippen molar-refractivity contribution in [1.82, 2.24) is 0 Å². The summed E-state index contributed by atoms with van der Waals surface area (Å²) < 4.78 is 25.3. The molecule has 0 unspecified atom stereocenters. The zero-order valence-electron chi connectivity index (χ0n) is 8.67. The molecule has 1 rings (SSSR count). The number of anilines is 1. The zero-order valence-corrected chi connectivity index (χ0v) is 9.49. The maximum atomic E-state index is 12.6. The maximum Gasteiger partial charge on any atom is 0.265 e. The van der Waals surface area contributed by atoms with E-state index in [1.165, 1.54) is 17.8 Å². The van der Waals surface area contributed by atoms with Gasteiger partial charge < -0.3 is 5.73 Å². The lowest BCUT2D eigenvalue weighted by atomic mass is 10.2. The first-order chi connectivity index (χ1) is 7.15. The summed E-state index contributed by atoms with van der Waals surface area (Å²) in [5.41, 5.74) is 5.92. The van der Waals surface area contributed by atoms with Crippen LogP contribution in [0.1, 0.15) is 31.8 Å². The Bertz CT molecular complexity index is 315. The molecule has 84 valence electrons. The standard InChI is InChI=1S/C11H15F2NS/c1-2-3-6-15-10-5-4-8(14)7-9(10)11(12)13/h4-5,7,11H,2-3,6,14H2,1H3. The summed E-state index contributed by atoms with van der Waals surface area (Å²) in [5, 5.41) is 0. The van der Waals surface area contributed by atoms with Crippen LogP contribution in [0, 0.1) is 0 Å². The van der Waals surface area contributed by atoms with Crippen molar-refractivity contribution in [3.63, 3.8) is 0 Å². The van der Waals surface area contributed by atoms with Crippen LogP contribution in [-0.4, -0.2) is 5.75 Å². The van der Waals surface area contributed by atoms with Gasteiger partial charge in [-0.15, -0.1) is 11.8 Å². The third-order valence-electron chi connectivity index (χ3n) is 2.02. The molecule has 0 amide bonds. The van der Waals surface area contributed by atoms with Gasteiger partial charge in [0.05, 0.1) is 0 Å². The fourth-order valence-corrected chi connectivity index (χ4v) is 2.33.